The molecular weight excluding hydrogens is 508 g/mol. The third-order valence-electron chi connectivity index (χ3n) is 8.59. The summed E-state index contributed by atoms with van der Waals surface area (Å²) in [6, 6.07) is 23.5. The predicted molar refractivity (Wildman–Crippen MR) is 165 cm³/mol. The number of para-hydroxylation sites is 1. The molecule has 2 heterocycles. The van der Waals surface area contributed by atoms with E-state index in [1.165, 1.54) is 11.9 Å². The van der Waals surface area contributed by atoms with Gasteiger partial charge in [0.15, 0.2) is 0 Å². The molecule has 0 bridgehead atoms. The molecule has 6 rings (SSSR count). The number of pyridine rings is 1. The van der Waals surface area contributed by atoms with Crippen LogP contribution in [0.3, 0.4) is 0 Å². The lowest BCUT2D eigenvalue weighted by Crippen LogP contribution is -2.29. The largest absolute Gasteiger partial charge is 0.508 e. The SMILES string of the molecule is CCC1=C(c2cccc(O)c2)c2c(N)ncnc2C(C)C1Cc1cc2cccc(C)c2c(=O)n1-c1ccccc1C. The Morgan fingerprint density at radius 2 is 1.71 bits per heavy atom. The zero-order valence-electron chi connectivity index (χ0n) is 23.8. The molecule has 1 aliphatic rings. The van der Waals surface area contributed by atoms with Gasteiger partial charge in [0, 0.05) is 17.2 Å². The first kappa shape index (κ1) is 26.5. The highest BCUT2D eigenvalue weighted by atomic mass is 16.3. The Balaban J connectivity index is 1.63. The van der Waals surface area contributed by atoms with Gasteiger partial charge in [-0.05, 0) is 84.5 Å². The van der Waals surface area contributed by atoms with Crippen molar-refractivity contribution in [1.29, 1.82) is 0 Å². The molecule has 0 amide bonds. The summed E-state index contributed by atoms with van der Waals surface area (Å²) < 4.78 is 1.91. The standard InChI is InChI=1S/C35H34N4O2/c1-5-27-28(22(4)33-32(34(36)38-19-37-33)31(27)24-13-9-14-26(40)17-24)18-25-16-23-12-8-11-21(3)30(23)35(41)39(25)29-15-7-6-10-20(29)2/h6-17,19,22,28,40H,5,18H2,1-4H3,(H2,36,37,38). The van der Waals surface area contributed by atoms with Crippen molar-refractivity contribution < 1.29 is 5.11 Å². The van der Waals surface area contributed by atoms with Crippen LogP contribution >= 0.6 is 0 Å². The third kappa shape index (κ3) is 4.40. The predicted octanol–water partition coefficient (Wildman–Crippen LogP) is 6.87. The normalized spacial score (nSPS) is 16.7. The van der Waals surface area contributed by atoms with Crippen LogP contribution in [-0.2, 0) is 6.42 Å². The minimum absolute atomic E-state index is 0.00411. The molecule has 2 atom stereocenters. The number of allylic oxidation sites excluding steroid dienone is 1. The van der Waals surface area contributed by atoms with Gasteiger partial charge in [-0.1, -0.05) is 68.0 Å². The van der Waals surface area contributed by atoms with Crippen molar-refractivity contribution in [3.05, 3.63) is 129 Å². The Kier molecular flexibility index (Phi) is 6.70. The van der Waals surface area contributed by atoms with E-state index >= 15 is 0 Å². The number of anilines is 1. The van der Waals surface area contributed by atoms with Crippen LogP contribution in [0.15, 0.2) is 89.5 Å². The van der Waals surface area contributed by atoms with Gasteiger partial charge < -0.3 is 10.8 Å². The Hall–Kier alpha value is -4.71. The first-order valence-corrected chi connectivity index (χ1v) is 14.1. The number of fused-ring (bicyclic) bond motifs is 2. The molecule has 0 saturated heterocycles. The van der Waals surface area contributed by atoms with E-state index in [2.05, 4.69) is 24.9 Å². The fraction of sp³-hybridized carbons (Fsp3) is 0.229. The van der Waals surface area contributed by atoms with Gasteiger partial charge in [-0.3, -0.25) is 9.36 Å². The van der Waals surface area contributed by atoms with E-state index in [9.17, 15) is 9.90 Å². The molecule has 3 N–H and O–H groups in total. The van der Waals surface area contributed by atoms with Crippen LogP contribution in [-0.4, -0.2) is 19.6 Å². The number of benzene rings is 3. The van der Waals surface area contributed by atoms with E-state index in [-0.39, 0.29) is 23.1 Å². The van der Waals surface area contributed by atoms with E-state index in [0.717, 1.165) is 62.1 Å². The lowest BCUT2D eigenvalue weighted by Gasteiger charge is -2.36. The number of aryl methyl sites for hydroxylation is 2. The van der Waals surface area contributed by atoms with Crippen LogP contribution in [0, 0.1) is 19.8 Å². The first-order valence-electron chi connectivity index (χ1n) is 14.1. The van der Waals surface area contributed by atoms with E-state index in [0.29, 0.717) is 12.2 Å². The van der Waals surface area contributed by atoms with Crippen molar-refractivity contribution in [3.63, 3.8) is 0 Å². The average Bonchev–Trinajstić information content (AvgIpc) is 2.95. The zero-order chi connectivity index (χ0) is 28.8. The molecule has 2 unspecified atom stereocenters. The van der Waals surface area contributed by atoms with Crippen molar-refractivity contribution in [2.24, 2.45) is 5.92 Å². The number of phenolic OH excluding ortho intramolecular Hbond substituents is 1. The molecule has 2 aromatic heterocycles. The van der Waals surface area contributed by atoms with Gasteiger partial charge in [0.05, 0.1) is 16.8 Å². The van der Waals surface area contributed by atoms with Gasteiger partial charge >= 0.3 is 0 Å². The highest BCUT2D eigenvalue weighted by molar-refractivity contribution is 5.90. The summed E-state index contributed by atoms with van der Waals surface area (Å²) in [5, 5.41) is 12.1. The number of phenols is 1. The fourth-order valence-corrected chi connectivity index (χ4v) is 6.63. The van der Waals surface area contributed by atoms with Crippen LogP contribution < -0.4 is 11.3 Å². The van der Waals surface area contributed by atoms with Crippen LogP contribution in [0.4, 0.5) is 5.82 Å². The number of rotatable bonds is 5. The smallest absolute Gasteiger partial charge is 0.263 e. The van der Waals surface area contributed by atoms with Crippen LogP contribution in [0.1, 0.15) is 59.8 Å². The van der Waals surface area contributed by atoms with Gasteiger partial charge in [-0.15, -0.1) is 0 Å². The van der Waals surface area contributed by atoms with E-state index in [1.807, 2.05) is 73.0 Å². The molecule has 6 nitrogen and oxygen atoms in total. The van der Waals surface area contributed by atoms with Gasteiger partial charge in [-0.2, -0.15) is 0 Å². The molecule has 41 heavy (non-hydrogen) atoms. The van der Waals surface area contributed by atoms with Gasteiger partial charge in [0.25, 0.3) is 5.56 Å². The highest BCUT2D eigenvalue weighted by Gasteiger charge is 2.36. The highest BCUT2D eigenvalue weighted by Crippen LogP contribution is 2.48. The maximum absolute atomic E-state index is 14.2. The summed E-state index contributed by atoms with van der Waals surface area (Å²) in [7, 11) is 0. The molecule has 0 saturated carbocycles. The van der Waals surface area contributed by atoms with E-state index < -0.39 is 0 Å². The summed E-state index contributed by atoms with van der Waals surface area (Å²) in [4.78, 5) is 23.3. The summed E-state index contributed by atoms with van der Waals surface area (Å²) >= 11 is 0. The first-order chi connectivity index (χ1) is 19.8. The second-order valence-electron chi connectivity index (χ2n) is 11.0. The Morgan fingerprint density at radius 3 is 2.46 bits per heavy atom. The zero-order valence-corrected chi connectivity index (χ0v) is 23.8. The number of aromatic nitrogens is 3. The van der Waals surface area contributed by atoms with E-state index in [4.69, 9.17) is 10.7 Å². The molecule has 1 aliphatic carbocycles. The Labute approximate surface area is 239 Å². The molecule has 6 heteroatoms. The molecule has 0 spiro atoms. The average molecular weight is 543 g/mol. The number of nitrogen functional groups attached to an aromatic ring is 1. The van der Waals surface area contributed by atoms with Crippen molar-refractivity contribution in [3.8, 4) is 11.4 Å². The molecule has 5 aromatic rings. The minimum Gasteiger partial charge on any atom is -0.508 e. The Bertz CT molecular complexity index is 1900. The van der Waals surface area contributed by atoms with Crippen LogP contribution in [0.25, 0.3) is 22.0 Å². The molecule has 0 fully saturated rings. The molecule has 3 aromatic carbocycles. The quantitative estimate of drug-likeness (QED) is 0.253. The third-order valence-corrected chi connectivity index (χ3v) is 8.59. The number of hydrogen-bond acceptors (Lipinski definition) is 5. The summed E-state index contributed by atoms with van der Waals surface area (Å²) in [6.45, 7) is 8.38. The Morgan fingerprint density at radius 1 is 0.951 bits per heavy atom. The summed E-state index contributed by atoms with van der Waals surface area (Å²) in [6.07, 6.45) is 2.93. The van der Waals surface area contributed by atoms with Crippen LogP contribution in [0.5, 0.6) is 5.75 Å². The lowest BCUT2D eigenvalue weighted by molar-refractivity contribution is 0.471. The second kappa shape index (κ2) is 10.4. The molecule has 0 aliphatic heterocycles. The second-order valence-corrected chi connectivity index (χ2v) is 11.0. The van der Waals surface area contributed by atoms with E-state index in [1.54, 1.807) is 12.1 Å². The van der Waals surface area contributed by atoms with Gasteiger partial charge in [0.1, 0.15) is 17.9 Å². The minimum atomic E-state index is -0.00411. The van der Waals surface area contributed by atoms with Crippen LogP contribution in [0.2, 0.25) is 0 Å². The topological polar surface area (TPSA) is 94.0 Å². The number of aromatic hydroxyl groups is 1. The van der Waals surface area contributed by atoms with Gasteiger partial charge in [-0.25, -0.2) is 9.97 Å². The number of nitrogens with two attached hydrogens (primary N) is 1. The fourth-order valence-electron chi connectivity index (χ4n) is 6.63. The molecular formula is C35H34N4O2. The maximum Gasteiger partial charge on any atom is 0.263 e. The number of nitrogens with zero attached hydrogens (tertiary/aromatic N) is 3. The number of hydrogen-bond donors (Lipinski definition) is 2. The monoisotopic (exact) mass is 542 g/mol. The van der Waals surface area contributed by atoms with Gasteiger partial charge in [0.2, 0.25) is 0 Å². The molecule has 0 radical (unpaired) electrons. The van der Waals surface area contributed by atoms with Crippen molar-refractivity contribution in [2.45, 2.75) is 46.5 Å². The van der Waals surface area contributed by atoms with Crippen molar-refractivity contribution in [1.82, 2.24) is 14.5 Å². The van der Waals surface area contributed by atoms with Crippen molar-refractivity contribution in [2.75, 3.05) is 5.73 Å². The summed E-state index contributed by atoms with van der Waals surface area (Å²) in [5.74, 6) is 0.689. The van der Waals surface area contributed by atoms with Crippen molar-refractivity contribution >= 4 is 22.2 Å². The molecule has 206 valence electrons. The summed E-state index contributed by atoms with van der Waals surface area (Å²) in [5.41, 5.74) is 15.1. The lowest BCUT2D eigenvalue weighted by atomic mass is 9.70. The maximum atomic E-state index is 14.2.